The predicted octanol–water partition coefficient (Wildman–Crippen LogP) is 12.8. The third-order valence-corrected chi connectivity index (χ3v) is 10.8. The summed E-state index contributed by atoms with van der Waals surface area (Å²) >= 11 is 0. The average molecular weight is 692 g/mol. The first-order chi connectivity index (χ1) is 26.8. The van der Waals surface area contributed by atoms with Crippen LogP contribution in [0.25, 0.3) is 67.0 Å². The molecule has 2 heteroatoms. The van der Waals surface area contributed by atoms with Crippen LogP contribution in [0.5, 0.6) is 0 Å². The lowest BCUT2D eigenvalue weighted by Crippen LogP contribution is -2.32. The van der Waals surface area contributed by atoms with Crippen LogP contribution >= 0.6 is 0 Å². The van der Waals surface area contributed by atoms with Crippen molar-refractivity contribution >= 4 is 50.6 Å². The van der Waals surface area contributed by atoms with Gasteiger partial charge in [-0.05, 0) is 92.6 Å². The van der Waals surface area contributed by atoms with Crippen LogP contribution in [0.1, 0.15) is 18.4 Å². The summed E-state index contributed by atoms with van der Waals surface area (Å²) in [6.45, 7) is 0. The molecule has 1 aliphatic carbocycles. The number of furan rings is 1. The Morgan fingerprint density at radius 1 is 0.407 bits per heavy atom. The highest BCUT2D eigenvalue weighted by Crippen LogP contribution is 2.45. The smallest absolute Gasteiger partial charge is 0.159 e. The van der Waals surface area contributed by atoms with E-state index in [-0.39, 0.29) is 0 Å². The molecule has 9 aromatic rings. The summed E-state index contributed by atoms with van der Waals surface area (Å²) < 4.78 is 6.71. The van der Waals surface area contributed by atoms with Crippen molar-refractivity contribution in [3.63, 3.8) is 0 Å². The van der Waals surface area contributed by atoms with Crippen molar-refractivity contribution in [2.45, 2.75) is 12.8 Å². The van der Waals surface area contributed by atoms with Crippen molar-refractivity contribution in [2.75, 3.05) is 4.90 Å². The second-order valence-electron chi connectivity index (χ2n) is 14.0. The molecule has 1 heterocycles. The molecule has 8 aromatic carbocycles. The molecule has 0 N–H and O–H groups in total. The molecule has 10 rings (SSSR count). The summed E-state index contributed by atoms with van der Waals surface area (Å²) in [5, 5.41) is 4.84. The molecule has 0 aliphatic heterocycles. The van der Waals surface area contributed by atoms with Gasteiger partial charge in [0.15, 0.2) is 5.58 Å². The van der Waals surface area contributed by atoms with Crippen LogP contribution in [0.4, 0.5) is 17.1 Å². The fraction of sp³-hybridized carbons (Fsp3) is 0.0385. The Kier molecular flexibility index (Phi) is 8.00. The standard InChI is InChI=1S/C52H37NO/c1-3-14-36(15-4-1)37-28-30-38(31-29-37)39-32-34-42(35-33-39)53(49-26-13-24-47-45-21-8-10-27-50(45)54-52(47)49)48-25-9-7-20-44(48)46-23-12-19-41-18-11-22-43(51(41)46)40-16-5-2-6-17-40/h1-11,13-22,24-35H,12,23H2. The number of rotatable bonds is 7. The molecule has 1 aromatic heterocycles. The summed E-state index contributed by atoms with van der Waals surface area (Å²) in [6, 6.07) is 69.7. The van der Waals surface area contributed by atoms with Gasteiger partial charge in [0.2, 0.25) is 0 Å². The lowest BCUT2D eigenvalue weighted by atomic mass is 9.88. The summed E-state index contributed by atoms with van der Waals surface area (Å²) in [4.78, 5) is 2.40. The first-order valence-corrected chi connectivity index (χ1v) is 18.7. The van der Waals surface area contributed by atoms with Crippen molar-refractivity contribution < 1.29 is 4.42 Å². The van der Waals surface area contributed by atoms with E-state index in [0.29, 0.717) is 0 Å². The van der Waals surface area contributed by atoms with Crippen molar-refractivity contribution in [1.82, 2.24) is 0 Å². The Labute approximate surface area is 315 Å². The van der Waals surface area contributed by atoms with E-state index < -0.39 is 0 Å². The van der Waals surface area contributed by atoms with Gasteiger partial charge in [-0.1, -0.05) is 170 Å². The summed E-state index contributed by atoms with van der Waals surface area (Å²) in [5.74, 6) is 0. The van der Waals surface area contributed by atoms with Crippen LogP contribution in [-0.4, -0.2) is 0 Å². The van der Waals surface area contributed by atoms with Gasteiger partial charge < -0.3 is 9.32 Å². The lowest BCUT2D eigenvalue weighted by Gasteiger charge is -2.29. The first-order valence-electron chi connectivity index (χ1n) is 18.7. The van der Waals surface area contributed by atoms with Crippen LogP contribution in [0.15, 0.2) is 199 Å². The topological polar surface area (TPSA) is 16.4 Å². The molecule has 54 heavy (non-hydrogen) atoms. The van der Waals surface area contributed by atoms with E-state index in [1.54, 1.807) is 0 Å². The Morgan fingerprint density at radius 2 is 0.963 bits per heavy atom. The lowest BCUT2D eigenvalue weighted by molar-refractivity contribution is 0.669. The van der Waals surface area contributed by atoms with Gasteiger partial charge in [0, 0.05) is 22.0 Å². The maximum Gasteiger partial charge on any atom is 0.159 e. The van der Waals surface area contributed by atoms with E-state index in [1.165, 1.54) is 55.0 Å². The summed E-state index contributed by atoms with van der Waals surface area (Å²) in [5.41, 5.74) is 14.8. The zero-order valence-corrected chi connectivity index (χ0v) is 29.8. The second kappa shape index (κ2) is 13.6. The van der Waals surface area contributed by atoms with Crippen LogP contribution in [-0.2, 0) is 0 Å². The minimum Gasteiger partial charge on any atom is -0.454 e. The molecule has 0 spiro atoms. The normalized spacial score (nSPS) is 12.4. The third-order valence-electron chi connectivity index (χ3n) is 10.8. The molecule has 1 aliphatic rings. The molecule has 256 valence electrons. The van der Waals surface area contributed by atoms with E-state index in [2.05, 4.69) is 199 Å². The molecule has 0 amide bonds. The fourth-order valence-corrected chi connectivity index (χ4v) is 8.23. The highest BCUT2D eigenvalue weighted by Gasteiger charge is 2.23. The van der Waals surface area contributed by atoms with Gasteiger partial charge >= 0.3 is 0 Å². The number of para-hydroxylation sites is 3. The van der Waals surface area contributed by atoms with Gasteiger partial charge in [0.25, 0.3) is 0 Å². The molecule has 0 atom stereocenters. The van der Waals surface area contributed by atoms with Crippen LogP contribution in [0.2, 0.25) is 0 Å². The Morgan fingerprint density at radius 3 is 1.72 bits per heavy atom. The molecule has 0 saturated heterocycles. The van der Waals surface area contributed by atoms with E-state index in [4.69, 9.17) is 4.42 Å². The van der Waals surface area contributed by atoms with Crippen molar-refractivity contribution in [2.24, 2.45) is 0 Å². The van der Waals surface area contributed by atoms with E-state index in [0.717, 1.165) is 51.8 Å². The maximum absolute atomic E-state index is 6.71. The van der Waals surface area contributed by atoms with Gasteiger partial charge in [-0.2, -0.15) is 0 Å². The molecule has 2 nitrogen and oxygen atoms in total. The van der Waals surface area contributed by atoms with E-state index in [9.17, 15) is 0 Å². The molecule has 0 bridgehead atoms. The van der Waals surface area contributed by atoms with Gasteiger partial charge in [0.1, 0.15) is 5.58 Å². The van der Waals surface area contributed by atoms with Crippen LogP contribution in [0.3, 0.4) is 0 Å². The zero-order chi connectivity index (χ0) is 35.8. The number of benzene rings is 8. The molecule has 0 saturated carbocycles. The van der Waals surface area contributed by atoms with Crippen molar-refractivity contribution in [1.29, 1.82) is 0 Å². The third kappa shape index (κ3) is 5.60. The van der Waals surface area contributed by atoms with Gasteiger partial charge in [-0.15, -0.1) is 0 Å². The zero-order valence-electron chi connectivity index (χ0n) is 29.8. The Balaban J connectivity index is 1.17. The second-order valence-corrected chi connectivity index (χ2v) is 14.0. The Bertz CT molecular complexity index is 2900. The molecule has 0 radical (unpaired) electrons. The number of anilines is 3. The number of nitrogens with zero attached hydrogens (tertiary/aromatic N) is 1. The quantitative estimate of drug-likeness (QED) is 0.165. The number of hydrogen-bond acceptors (Lipinski definition) is 2. The Hall–Kier alpha value is -6.90. The molecule has 0 unspecified atom stereocenters. The minimum atomic E-state index is 0.876. The molecular formula is C52H37NO. The highest BCUT2D eigenvalue weighted by molar-refractivity contribution is 6.10. The largest absolute Gasteiger partial charge is 0.454 e. The predicted molar refractivity (Wildman–Crippen MR) is 227 cm³/mol. The number of hydrogen-bond donors (Lipinski definition) is 0. The van der Waals surface area contributed by atoms with Crippen molar-refractivity contribution in [3.8, 4) is 33.4 Å². The average Bonchev–Trinajstić information content (AvgIpc) is 3.64. The van der Waals surface area contributed by atoms with Crippen LogP contribution < -0.4 is 15.3 Å². The van der Waals surface area contributed by atoms with Gasteiger partial charge in [0.05, 0.1) is 11.4 Å². The monoisotopic (exact) mass is 691 g/mol. The molecular weight excluding hydrogens is 655 g/mol. The maximum atomic E-state index is 6.71. The first kappa shape index (κ1) is 31.8. The van der Waals surface area contributed by atoms with E-state index >= 15 is 0 Å². The van der Waals surface area contributed by atoms with Gasteiger partial charge in [-0.3, -0.25) is 0 Å². The highest BCUT2D eigenvalue weighted by atomic mass is 16.3. The SMILES string of the molecule is C1=c2cccc(-c3ccccc3)c2=C(c2ccccc2N(c2ccc(-c3ccc(-c4ccccc4)cc3)cc2)c2cccc3c2oc2ccccc23)CC1. The summed E-state index contributed by atoms with van der Waals surface area (Å²) in [7, 11) is 0. The van der Waals surface area contributed by atoms with Gasteiger partial charge in [-0.25, -0.2) is 0 Å². The van der Waals surface area contributed by atoms with Crippen LogP contribution in [0, 0.1) is 0 Å². The van der Waals surface area contributed by atoms with E-state index in [1.807, 2.05) is 6.07 Å². The molecule has 0 fully saturated rings. The fourth-order valence-electron chi connectivity index (χ4n) is 8.23. The summed E-state index contributed by atoms with van der Waals surface area (Å²) in [6.07, 6.45) is 4.34. The number of fused-ring (bicyclic) bond motifs is 4. The minimum absolute atomic E-state index is 0.876. The van der Waals surface area contributed by atoms with Crippen molar-refractivity contribution in [3.05, 3.63) is 210 Å².